The van der Waals surface area contributed by atoms with E-state index in [2.05, 4.69) is 4.98 Å². The highest BCUT2D eigenvalue weighted by atomic mass is 16.2. The third kappa shape index (κ3) is 4.47. The zero-order valence-electron chi connectivity index (χ0n) is 18.2. The maximum atomic E-state index is 13.6. The van der Waals surface area contributed by atoms with Gasteiger partial charge in [-0.1, -0.05) is 26.3 Å². The number of aromatic nitrogens is 3. The Hall–Kier alpha value is -3.55. The van der Waals surface area contributed by atoms with Gasteiger partial charge in [-0.25, -0.2) is 4.79 Å². The predicted molar refractivity (Wildman–Crippen MR) is 123 cm³/mol. The lowest BCUT2D eigenvalue weighted by Crippen LogP contribution is -2.41. The quantitative estimate of drug-likeness (QED) is 0.581. The number of nitrogens with one attached hydrogen (secondary N) is 1. The number of nitrogens with two attached hydrogens (primary N) is 1. The third-order valence-electron chi connectivity index (χ3n) is 5.25. The second-order valence-electron chi connectivity index (χ2n) is 7.55. The summed E-state index contributed by atoms with van der Waals surface area (Å²) >= 11 is 0. The van der Waals surface area contributed by atoms with Crippen LogP contribution in [0.15, 0.2) is 52.3 Å². The van der Waals surface area contributed by atoms with Crippen molar-refractivity contribution < 1.29 is 4.79 Å². The summed E-state index contributed by atoms with van der Waals surface area (Å²) in [6.45, 7) is 6.56. The molecule has 0 saturated carbocycles. The molecule has 3 N–H and O–H groups in total. The van der Waals surface area contributed by atoms with Crippen LogP contribution < -0.4 is 21.9 Å². The minimum atomic E-state index is -0.656. The fourth-order valence-corrected chi connectivity index (χ4v) is 3.59. The SMILES string of the molecule is CCCCN(C(=O)c1ccc(C)c(-n2cccc2)c1)c1c(N)n(CCC)c(=O)[nH]c1=O. The number of unbranched alkanes of at least 4 members (excludes halogenated alkanes) is 1. The van der Waals surface area contributed by atoms with Crippen molar-refractivity contribution in [2.24, 2.45) is 0 Å². The van der Waals surface area contributed by atoms with Gasteiger partial charge in [0.05, 0.1) is 0 Å². The van der Waals surface area contributed by atoms with Crippen LogP contribution in [-0.4, -0.2) is 26.6 Å². The van der Waals surface area contributed by atoms with Gasteiger partial charge < -0.3 is 15.2 Å². The maximum Gasteiger partial charge on any atom is 0.330 e. The Morgan fingerprint density at radius 2 is 1.84 bits per heavy atom. The molecule has 0 saturated heterocycles. The molecule has 2 aromatic heterocycles. The van der Waals surface area contributed by atoms with Gasteiger partial charge in [-0.2, -0.15) is 0 Å². The molecule has 3 aromatic rings. The highest BCUT2D eigenvalue weighted by Gasteiger charge is 2.25. The predicted octanol–water partition coefficient (Wildman–Crippen LogP) is 3.07. The van der Waals surface area contributed by atoms with E-state index in [1.165, 1.54) is 9.47 Å². The molecule has 0 aliphatic heterocycles. The summed E-state index contributed by atoms with van der Waals surface area (Å²) in [5.41, 5.74) is 7.37. The molecule has 0 spiro atoms. The van der Waals surface area contributed by atoms with Crippen LogP contribution in [0.4, 0.5) is 11.5 Å². The molecule has 0 radical (unpaired) electrons. The van der Waals surface area contributed by atoms with Crippen molar-refractivity contribution in [1.29, 1.82) is 0 Å². The second-order valence-corrected chi connectivity index (χ2v) is 7.55. The molecule has 0 bridgehead atoms. The Kier molecular flexibility index (Phi) is 6.79. The van der Waals surface area contributed by atoms with Crippen LogP contribution in [0.25, 0.3) is 5.69 Å². The smallest absolute Gasteiger partial charge is 0.330 e. The Balaban J connectivity index is 2.12. The van der Waals surface area contributed by atoms with E-state index in [1.54, 1.807) is 6.07 Å². The van der Waals surface area contributed by atoms with Gasteiger partial charge >= 0.3 is 5.69 Å². The lowest BCUT2D eigenvalue weighted by Gasteiger charge is -2.25. The number of aromatic amines is 1. The summed E-state index contributed by atoms with van der Waals surface area (Å²) in [5, 5.41) is 0. The molecule has 164 valence electrons. The molecular weight excluding hydrogens is 394 g/mol. The summed E-state index contributed by atoms with van der Waals surface area (Å²) in [6, 6.07) is 9.27. The van der Waals surface area contributed by atoms with Crippen molar-refractivity contribution in [2.45, 2.75) is 46.6 Å². The van der Waals surface area contributed by atoms with Gasteiger partial charge in [0.25, 0.3) is 11.5 Å². The first-order valence-electron chi connectivity index (χ1n) is 10.6. The Morgan fingerprint density at radius 3 is 2.48 bits per heavy atom. The number of amides is 1. The van der Waals surface area contributed by atoms with E-state index in [0.29, 0.717) is 31.5 Å². The van der Waals surface area contributed by atoms with E-state index in [1.807, 2.05) is 62.0 Å². The molecule has 0 aliphatic carbocycles. The van der Waals surface area contributed by atoms with E-state index in [9.17, 15) is 14.4 Å². The molecule has 0 atom stereocenters. The molecule has 0 unspecified atom stereocenters. The van der Waals surface area contributed by atoms with Gasteiger partial charge in [-0.05, 0) is 49.6 Å². The molecule has 31 heavy (non-hydrogen) atoms. The summed E-state index contributed by atoms with van der Waals surface area (Å²) in [5.74, 6) is -0.321. The van der Waals surface area contributed by atoms with Crippen molar-refractivity contribution >= 4 is 17.4 Å². The van der Waals surface area contributed by atoms with Crippen molar-refractivity contribution in [2.75, 3.05) is 17.2 Å². The Bertz CT molecular complexity index is 1170. The molecule has 2 heterocycles. The number of nitrogen functional groups attached to an aromatic ring is 1. The fraction of sp³-hybridized carbons (Fsp3) is 0.348. The topological polar surface area (TPSA) is 106 Å². The van der Waals surface area contributed by atoms with Gasteiger partial charge in [0.15, 0.2) is 5.69 Å². The minimum Gasteiger partial charge on any atom is -0.383 e. The number of hydrogen-bond donors (Lipinski definition) is 2. The molecule has 0 fully saturated rings. The first-order valence-corrected chi connectivity index (χ1v) is 10.6. The zero-order valence-corrected chi connectivity index (χ0v) is 18.2. The fourth-order valence-electron chi connectivity index (χ4n) is 3.59. The van der Waals surface area contributed by atoms with Gasteiger partial charge in [0, 0.05) is 36.7 Å². The van der Waals surface area contributed by atoms with E-state index in [0.717, 1.165) is 17.7 Å². The Morgan fingerprint density at radius 1 is 1.13 bits per heavy atom. The number of anilines is 2. The molecule has 8 heteroatoms. The molecule has 3 rings (SSSR count). The van der Waals surface area contributed by atoms with Crippen LogP contribution in [0, 0.1) is 6.92 Å². The standard InChI is InChI=1S/C23H29N5O3/c1-4-6-14-27(19-20(24)28(11-5-2)23(31)25-21(19)29)22(30)17-10-9-16(3)18(15-17)26-12-7-8-13-26/h7-10,12-13,15H,4-6,11,14,24H2,1-3H3,(H,25,29,31). The number of carbonyl (C=O) groups is 1. The number of rotatable bonds is 8. The number of H-pyrrole nitrogens is 1. The molecule has 1 aromatic carbocycles. The monoisotopic (exact) mass is 423 g/mol. The lowest BCUT2D eigenvalue weighted by molar-refractivity contribution is 0.0986. The molecule has 0 aliphatic rings. The summed E-state index contributed by atoms with van der Waals surface area (Å²) in [7, 11) is 0. The van der Waals surface area contributed by atoms with Crippen molar-refractivity contribution in [3.8, 4) is 5.69 Å². The molecule has 1 amide bonds. The van der Waals surface area contributed by atoms with Crippen LogP contribution in [0.3, 0.4) is 0 Å². The highest BCUT2D eigenvalue weighted by Crippen LogP contribution is 2.23. The largest absolute Gasteiger partial charge is 0.383 e. The zero-order chi connectivity index (χ0) is 22.5. The number of carbonyl (C=O) groups excluding carboxylic acids is 1. The van der Waals surface area contributed by atoms with Crippen molar-refractivity contribution in [1.82, 2.24) is 14.1 Å². The first kappa shape index (κ1) is 22.1. The minimum absolute atomic E-state index is 0.0118. The summed E-state index contributed by atoms with van der Waals surface area (Å²) in [4.78, 5) is 42.2. The third-order valence-corrected chi connectivity index (χ3v) is 5.25. The van der Waals surface area contributed by atoms with E-state index in [-0.39, 0.29) is 17.4 Å². The summed E-state index contributed by atoms with van der Waals surface area (Å²) < 4.78 is 3.24. The average molecular weight is 424 g/mol. The van der Waals surface area contributed by atoms with Crippen LogP contribution in [0.1, 0.15) is 49.0 Å². The van der Waals surface area contributed by atoms with E-state index >= 15 is 0 Å². The lowest BCUT2D eigenvalue weighted by atomic mass is 10.1. The van der Waals surface area contributed by atoms with Gasteiger partial charge in [0.1, 0.15) is 5.82 Å². The first-order chi connectivity index (χ1) is 14.9. The van der Waals surface area contributed by atoms with E-state index < -0.39 is 11.2 Å². The van der Waals surface area contributed by atoms with Crippen molar-refractivity contribution in [3.05, 3.63) is 74.7 Å². The summed E-state index contributed by atoms with van der Waals surface area (Å²) in [6.07, 6.45) is 6.01. The van der Waals surface area contributed by atoms with Crippen LogP contribution in [0.2, 0.25) is 0 Å². The van der Waals surface area contributed by atoms with Crippen LogP contribution in [-0.2, 0) is 6.54 Å². The average Bonchev–Trinajstić information content (AvgIpc) is 3.28. The van der Waals surface area contributed by atoms with Crippen molar-refractivity contribution in [3.63, 3.8) is 0 Å². The number of aryl methyl sites for hydroxylation is 1. The highest BCUT2D eigenvalue weighted by molar-refractivity contribution is 6.07. The number of benzene rings is 1. The number of hydrogen-bond acceptors (Lipinski definition) is 4. The van der Waals surface area contributed by atoms with Crippen LogP contribution >= 0.6 is 0 Å². The van der Waals surface area contributed by atoms with E-state index in [4.69, 9.17) is 5.73 Å². The molecule has 8 nitrogen and oxygen atoms in total. The number of nitrogens with zero attached hydrogens (tertiary/aromatic N) is 3. The second kappa shape index (κ2) is 9.51. The van der Waals surface area contributed by atoms with Crippen LogP contribution in [0.5, 0.6) is 0 Å². The maximum absolute atomic E-state index is 13.6. The van der Waals surface area contributed by atoms with Gasteiger partial charge in [-0.15, -0.1) is 0 Å². The molecular formula is C23H29N5O3. The van der Waals surface area contributed by atoms with Gasteiger partial charge in [-0.3, -0.25) is 19.1 Å². The van der Waals surface area contributed by atoms with Gasteiger partial charge in [0.2, 0.25) is 0 Å². The Labute approximate surface area is 180 Å². The normalized spacial score (nSPS) is 10.9.